The number of benzene rings is 1. The Kier molecular flexibility index (Phi) is 4.12. The SMILES string of the molecule is Cc1cc(C)cc(Oc2nc(C)cc(C)c2/C(N)=N/O)c1. The number of hydrogen-bond acceptors (Lipinski definition) is 4. The standard InChI is InChI=1S/C16H19N3O2/c1-9-5-10(2)7-13(6-9)21-16-14(15(17)19-20)11(3)8-12(4)18-16/h5-8,20H,1-4H3,(H2,17,19). The summed E-state index contributed by atoms with van der Waals surface area (Å²) in [6.07, 6.45) is 0. The summed E-state index contributed by atoms with van der Waals surface area (Å²) in [5.74, 6) is 1.00. The zero-order chi connectivity index (χ0) is 15.6. The van der Waals surface area contributed by atoms with E-state index in [1.54, 1.807) is 0 Å². The third-order valence-electron chi connectivity index (χ3n) is 3.09. The van der Waals surface area contributed by atoms with Gasteiger partial charge in [-0.3, -0.25) is 0 Å². The van der Waals surface area contributed by atoms with Crippen LogP contribution in [0.2, 0.25) is 0 Å². The topological polar surface area (TPSA) is 80.7 Å². The number of aromatic nitrogens is 1. The van der Waals surface area contributed by atoms with Crippen molar-refractivity contribution in [2.24, 2.45) is 10.9 Å². The van der Waals surface area contributed by atoms with Crippen LogP contribution < -0.4 is 10.5 Å². The summed E-state index contributed by atoms with van der Waals surface area (Å²) < 4.78 is 5.87. The summed E-state index contributed by atoms with van der Waals surface area (Å²) in [6.45, 7) is 7.74. The van der Waals surface area contributed by atoms with Gasteiger partial charge in [0.05, 0.1) is 5.56 Å². The molecule has 2 aromatic rings. The van der Waals surface area contributed by atoms with E-state index >= 15 is 0 Å². The summed E-state index contributed by atoms with van der Waals surface area (Å²) in [5.41, 5.74) is 10.1. The molecule has 0 spiro atoms. The highest BCUT2D eigenvalue weighted by Crippen LogP contribution is 2.27. The molecule has 21 heavy (non-hydrogen) atoms. The zero-order valence-corrected chi connectivity index (χ0v) is 12.6. The van der Waals surface area contributed by atoms with Gasteiger partial charge in [0.25, 0.3) is 0 Å². The van der Waals surface area contributed by atoms with Crippen LogP contribution >= 0.6 is 0 Å². The predicted molar refractivity (Wildman–Crippen MR) is 82.2 cm³/mol. The minimum atomic E-state index is -0.0145. The molecule has 1 heterocycles. The Hall–Kier alpha value is -2.56. The molecule has 5 heteroatoms. The molecule has 0 aliphatic carbocycles. The normalized spacial score (nSPS) is 11.5. The maximum absolute atomic E-state index is 8.94. The first-order valence-electron chi connectivity index (χ1n) is 6.63. The first-order valence-corrected chi connectivity index (χ1v) is 6.63. The molecule has 0 bridgehead atoms. The molecule has 1 aromatic heterocycles. The predicted octanol–water partition coefficient (Wildman–Crippen LogP) is 3.20. The van der Waals surface area contributed by atoms with Crippen LogP contribution in [0.1, 0.15) is 27.9 Å². The summed E-state index contributed by atoms with van der Waals surface area (Å²) in [7, 11) is 0. The Morgan fingerprint density at radius 1 is 1.10 bits per heavy atom. The highest BCUT2D eigenvalue weighted by atomic mass is 16.5. The van der Waals surface area contributed by atoms with Gasteiger partial charge in [-0.05, 0) is 62.6 Å². The van der Waals surface area contributed by atoms with Crippen molar-refractivity contribution in [2.75, 3.05) is 0 Å². The van der Waals surface area contributed by atoms with E-state index in [2.05, 4.69) is 16.2 Å². The van der Waals surface area contributed by atoms with Crippen LogP contribution in [0.25, 0.3) is 0 Å². The van der Waals surface area contributed by atoms with E-state index in [0.717, 1.165) is 22.4 Å². The molecule has 0 aliphatic rings. The minimum Gasteiger partial charge on any atom is -0.438 e. The highest BCUT2D eigenvalue weighted by molar-refractivity contribution is 6.00. The van der Waals surface area contributed by atoms with Gasteiger partial charge >= 0.3 is 0 Å². The van der Waals surface area contributed by atoms with Crippen LogP contribution in [0, 0.1) is 27.7 Å². The molecular weight excluding hydrogens is 266 g/mol. The van der Waals surface area contributed by atoms with Crippen LogP contribution in [-0.4, -0.2) is 16.0 Å². The Labute approximate surface area is 124 Å². The molecule has 0 fully saturated rings. The summed E-state index contributed by atoms with van der Waals surface area (Å²) in [4.78, 5) is 4.36. The molecule has 0 radical (unpaired) electrons. The van der Waals surface area contributed by atoms with Gasteiger partial charge in [0, 0.05) is 5.69 Å². The van der Waals surface area contributed by atoms with E-state index in [9.17, 15) is 0 Å². The number of nitrogens with zero attached hydrogens (tertiary/aromatic N) is 2. The van der Waals surface area contributed by atoms with Crippen molar-refractivity contribution < 1.29 is 9.94 Å². The summed E-state index contributed by atoms with van der Waals surface area (Å²) >= 11 is 0. The van der Waals surface area contributed by atoms with Crippen molar-refractivity contribution >= 4 is 5.84 Å². The van der Waals surface area contributed by atoms with Crippen molar-refractivity contribution in [1.29, 1.82) is 0 Å². The van der Waals surface area contributed by atoms with Gasteiger partial charge < -0.3 is 15.7 Å². The van der Waals surface area contributed by atoms with Crippen molar-refractivity contribution in [1.82, 2.24) is 4.98 Å². The number of rotatable bonds is 3. The average molecular weight is 285 g/mol. The number of ether oxygens (including phenoxy) is 1. The fourth-order valence-electron chi connectivity index (χ4n) is 2.34. The molecule has 1 aromatic carbocycles. The zero-order valence-electron chi connectivity index (χ0n) is 12.6. The van der Waals surface area contributed by atoms with E-state index in [4.69, 9.17) is 15.7 Å². The molecule has 0 aliphatic heterocycles. The molecule has 0 saturated carbocycles. The van der Waals surface area contributed by atoms with Crippen molar-refractivity contribution in [2.45, 2.75) is 27.7 Å². The molecule has 3 N–H and O–H groups in total. The number of oxime groups is 1. The Bertz CT molecular complexity index is 689. The van der Waals surface area contributed by atoms with Gasteiger partial charge in [0.1, 0.15) is 5.75 Å². The first kappa shape index (κ1) is 14.8. The summed E-state index contributed by atoms with van der Waals surface area (Å²) in [5, 5.41) is 12.0. The first-order chi connectivity index (χ1) is 9.90. The highest BCUT2D eigenvalue weighted by Gasteiger charge is 2.15. The maximum Gasteiger partial charge on any atom is 0.230 e. The third-order valence-corrected chi connectivity index (χ3v) is 3.09. The molecule has 0 atom stereocenters. The molecule has 5 nitrogen and oxygen atoms in total. The lowest BCUT2D eigenvalue weighted by molar-refractivity contribution is 0.318. The molecule has 0 unspecified atom stereocenters. The lowest BCUT2D eigenvalue weighted by atomic mass is 10.1. The molecule has 0 amide bonds. The fraction of sp³-hybridized carbons (Fsp3) is 0.250. The van der Waals surface area contributed by atoms with E-state index in [-0.39, 0.29) is 5.84 Å². The van der Waals surface area contributed by atoms with Crippen molar-refractivity contribution in [3.8, 4) is 11.6 Å². The smallest absolute Gasteiger partial charge is 0.230 e. The van der Waals surface area contributed by atoms with Crippen molar-refractivity contribution in [3.05, 3.63) is 52.2 Å². The van der Waals surface area contributed by atoms with Gasteiger partial charge in [0.15, 0.2) is 5.84 Å². The summed E-state index contributed by atoms with van der Waals surface area (Å²) in [6, 6.07) is 7.76. The maximum atomic E-state index is 8.94. The fourth-order valence-corrected chi connectivity index (χ4v) is 2.34. The number of amidine groups is 1. The molecule has 0 saturated heterocycles. The van der Waals surface area contributed by atoms with Crippen LogP contribution in [0.4, 0.5) is 0 Å². The third kappa shape index (κ3) is 3.31. The Balaban J connectivity index is 2.52. The average Bonchev–Trinajstić information content (AvgIpc) is 2.36. The van der Waals surface area contributed by atoms with E-state index in [1.807, 2.05) is 45.9 Å². The van der Waals surface area contributed by atoms with Gasteiger partial charge in [-0.2, -0.15) is 0 Å². The Morgan fingerprint density at radius 3 is 2.29 bits per heavy atom. The van der Waals surface area contributed by atoms with Gasteiger partial charge in [0.2, 0.25) is 5.88 Å². The van der Waals surface area contributed by atoms with E-state index in [0.29, 0.717) is 17.2 Å². The number of aryl methyl sites for hydroxylation is 4. The van der Waals surface area contributed by atoms with Gasteiger partial charge in [-0.25, -0.2) is 4.98 Å². The lowest BCUT2D eigenvalue weighted by Crippen LogP contribution is -2.17. The molecular formula is C16H19N3O2. The number of hydrogen-bond donors (Lipinski definition) is 2. The second-order valence-electron chi connectivity index (χ2n) is 5.17. The molecule has 2 rings (SSSR count). The molecule has 110 valence electrons. The van der Waals surface area contributed by atoms with E-state index in [1.165, 1.54) is 0 Å². The van der Waals surface area contributed by atoms with E-state index < -0.39 is 0 Å². The Morgan fingerprint density at radius 2 is 1.71 bits per heavy atom. The van der Waals surface area contributed by atoms with Crippen LogP contribution in [-0.2, 0) is 0 Å². The van der Waals surface area contributed by atoms with Gasteiger partial charge in [-0.15, -0.1) is 0 Å². The monoisotopic (exact) mass is 285 g/mol. The largest absolute Gasteiger partial charge is 0.438 e. The quantitative estimate of drug-likeness (QED) is 0.393. The minimum absolute atomic E-state index is 0.0145. The van der Waals surface area contributed by atoms with Crippen LogP contribution in [0.5, 0.6) is 11.6 Å². The lowest BCUT2D eigenvalue weighted by Gasteiger charge is -2.13. The van der Waals surface area contributed by atoms with Crippen LogP contribution in [0.3, 0.4) is 0 Å². The number of nitrogens with two attached hydrogens (primary N) is 1. The second kappa shape index (κ2) is 5.83. The van der Waals surface area contributed by atoms with Crippen LogP contribution in [0.15, 0.2) is 29.4 Å². The van der Waals surface area contributed by atoms with Crippen molar-refractivity contribution in [3.63, 3.8) is 0 Å². The second-order valence-corrected chi connectivity index (χ2v) is 5.17. The number of pyridine rings is 1. The van der Waals surface area contributed by atoms with Gasteiger partial charge in [-0.1, -0.05) is 11.2 Å².